The lowest BCUT2D eigenvalue weighted by molar-refractivity contribution is 0.417. The molecule has 0 aliphatic heterocycles. The van der Waals surface area contributed by atoms with Crippen molar-refractivity contribution in [2.75, 3.05) is 13.6 Å². The summed E-state index contributed by atoms with van der Waals surface area (Å²) in [7, 11) is 2.05. The molecular weight excluding hydrogens is 266 g/mol. The minimum absolute atomic E-state index is 0.654. The molecule has 3 atom stereocenters. The molecule has 0 heterocycles. The van der Waals surface area contributed by atoms with Crippen LogP contribution in [0.15, 0.2) is 42.5 Å². The Labute approximate surface area is 134 Å². The Morgan fingerprint density at radius 3 is 2.45 bits per heavy atom. The van der Waals surface area contributed by atoms with Crippen molar-refractivity contribution in [3.63, 3.8) is 0 Å². The summed E-state index contributed by atoms with van der Waals surface area (Å²) in [6, 6.07) is 15.9. The van der Waals surface area contributed by atoms with Crippen molar-refractivity contribution in [1.82, 2.24) is 5.32 Å². The second-order valence-electron chi connectivity index (χ2n) is 6.86. The van der Waals surface area contributed by atoms with E-state index in [2.05, 4.69) is 68.6 Å². The third kappa shape index (κ3) is 2.70. The molecule has 1 heteroatoms. The van der Waals surface area contributed by atoms with Crippen LogP contribution in [0.5, 0.6) is 0 Å². The first-order valence-corrected chi connectivity index (χ1v) is 8.47. The van der Waals surface area contributed by atoms with Crippen LogP contribution in [0, 0.1) is 12.8 Å². The van der Waals surface area contributed by atoms with E-state index in [4.69, 9.17) is 0 Å². The molecule has 0 saturated carbocycles. The van der Waals surface area contributed by atoms with E-state index in [9.17, 15) is 0 Å². The van der Waals surface area contributed by atoms with E-state index in [1.807, 2.05) is 7.05 Å². The van der Waals surface area contributed by atoms with Crippen molar-refractivity contribution in [3.05, 3.63) is 59.2 Å². The summed E-state index contributed by atoms with van der Waals surface area (Å²) in [6.45, 7) is 8.07. The molecule has 0 radical (unpaired) electrons. The normalized spacial score (nSPS) is 23.5. The van der Waals surface area contributed by atoms with Crippen LogP contribution in [0.2, 0.25) is 0 Å². The van der Waals surface area contributed by atoms with Crippen LogP contribution in [0.4, 0.5) is 0 Å². The van der Waals surface area contributed by atoms with Crippen molar-refractivity contribution >= 4 is 0 Å². The first kappa shape index (κ1) is 15.3. The highest BCUT2D eigenvalue weighted by Gasteiger charge is 2.34. The Balaban J connectivity index is 1.97. The molecule has 1 aliphatic rings. The number of hydrogen-bond acceptors (Lipinski definition) is 1. The number of hydrogen-bond donors (Lipinski definition) is 1. The van der Waals surface area contributed by atoms with Crippen molar-refractivity contribution in [2.24, 2.45) is 5.92 Å². The highest BCUT2D eigenvalue weighted by Crippen LogP contribution is 2.48. The molecule has 0 bridgehead atoms. The second-order valence-corrected chi connectivity index (χ2v) is 6.86. The van der Waals surface area contributed by atoms with Gasteiger partial charge >= 0.3 is 0 Å². The SMILES string of the molecule is CNCCC1c2ccc(-c3cccc(C)c3)cc2C(C)[C@H]1C. The van der Waals surface area contributed by atoms with Crippen molar-refractivity contribution in [2.45, 2.75) is 39.0 Å². The van der Waals surface area contributed by atoms with E-state index in [1.54, 1.807) is 11.1 Å². The zero-order valence-corrected chi connectivity index (χ0v) is 14.2. The highest BCUT2D eigenvalue weighted by molar-refractivity contribution is 5.66. The highest BCUT2D eigenvalue weighted by atomic mass is 14.8. The summed E-state index contributed by atoms with van der Waals surface area (Å²) >= 11 is 0. The first-order chi connectivity index (χ1) is 10.6. The van der Waals surface area contributed by atoms with Gasteiger partial charge in [-0.2, -0.15) is 0 Å². The van der Waals surface area contributed by atoms with E-state index < -0.39 is 0 Å². The maximum atomic E-state index is 3.30. The fourth-order valence-corrected chi connectivity index (χ4v) is 3.94. The number of fused-ring (bicyclic) bond motifs is 1. The van der Waals surface area contributed by atoms with Gasteiger partial charge in [0.1, 0.15) is 0 Å². The van der Waals surface area contributed by atoms with Gasteiger partial charge in [0.15, 0.2) is 0 Å². The number of nitrogens with one attached hydrogen (secondary N) is 1. The Bertz CT molecular complexity index is 659. The van der Waals surface area contributed by atoms with Crippen LogP contribution < -0.4 is 5.32 Å². The molecule has 2 aromatic rings. The predicted molar refractivity (Wildman–Crippen MR) is 95.5 cm³/mol. The van der Waals surface area contributed by atoms with E-state index in [1.165, 1.54) is 23.1 Å². The molecule has 1 N–H and O–H groups in total. The summed E-state index contributed by atoms with van der Waals surface area (Å²) in [5.74, 6) is 2.08. The lowest BCUT2D eigenvalue weighted by atomic mass is 9.87. The molecule has 0 spiro atoms. The minimum Gasteiger partial charge on any atom is -0.320 e. The van der Waals surface area contributed by atoms with Crippen molar-refractivity contribution < 1.29 is 0 Å². The second kappa shape index (κ2) is 6.26. The van der Waals surface area contributed by atoms with Gasteiger partial charge in [-0.1, -0.05) is 61.9 Å². The fourth-order valence-electron chi connectivity index (χ4n) is 3.94. The fraction of sp³-hybridized carbons (Fsp3) is 0.429. The summed E-state index contributed by atoms with van der Waals surface area (Å²) in [6.07, 6.45) is 1.23. The lowest BCUT2D eigenvalue weighted by Gasteiger charge is -2.18. The number of benzene rings is 2. The summed E-state index contributed by atoms with van der Waals surface area (Å²) in [5.41, 5.74) is 7.16. The van der Waals surface area contributed by atoms with Gasteiger partial charge in [0.25, 0.3) is 0 Å². The topological polar surface area (TPSA) is 12.0 Å². The van der Waals surface area contributed by atoms with E-state index in [-0.39, 0.29) is 0 Å². The molecule has 0 fully saturated rings. The Kier molecular flexibility index (Phi) is 4.35. The molecule has 1 aliphatic carbocycles. The van der Waals surface area contributed by atoms with Crippen LogP contribution in [0.3, 0.4) is 0 Å². The van der Waals surface area contributed by atoms with Gasteiger partial charge in [0.05, 0.1) is 0 Å². The molecule has 1 nitrogen and oxygen atoms in total. The molecule has 0 saturated heterocycles. The zero-order valence-electron chi connectivity index (χ0n) is 14.2. The van der Waals surface area contributed by atoms with Gasteiger partial charge < -0.3 is 5.32 Å². The first-order valence-electron chi connectivity index (χ1n) is 8.47. The molecule has 2 aromatic carbocycles. The molecule has 116 valence electrons. The molecule has 22 heavy (non-hydrogen) atoms. The standard InChI is InChI=1S/C21H27N/c1-14-6-5-7-17(12-14)18-8-9-20-19(10-11-22-4)15(2)16(3)21(20)13-18/h5-9,12-13,15-16,19,22H,10-11H2,1-4H3/t15-,16?,19?/m1/s1. The number of aryl methyl sites for hydroxylation is 1. The summed E-state index contributed by atoms with van der Waals surface area (Å²) < 4.78 is 0. The Hall–Kier alpha value is -1.60. The van der Waals surface area contributed by atoms with E-state index in [0.29, 0.717) is 11.8 Å². The van der Waals surface area contributed by atoms with Crippen molar-refractivity contribution in [3.8, 4) is 11.1 Å². The average Bonchev–Trinajstić information content (AvgIpc) is 2.77. The van der Waals surface area contributed by atoms with Gasteiger partial charge in [-0.15, -0.1) is 0 Å². The Morgan fingerprint density at radius 1 is 0.955 bits per heavy atom. The van der Waals surface area contributed by atoms with Gasteiger partial charge in [-0.05, 0) is 66.9 Å². The molecule has 3 rings (SSSR count). The molecular formula is C21H27N. The minimum atomic E-state index is 0.654. The quantitative estimate of drug-likeness (QED) is 0.826. The molecule has 0 amide bonds. The van der Waals surface area contributed by atoms with Crippen LogP contribution in [-0.4, -0.2) is 13.6 Å². The van der Waals surface area contributed by atoms with Gasteiger partial charge in [0.2, 0.25) is 0 Å². The smallest absolute Gasteiger partial charge is 0.00460 e. The van der Waals surface area contributed by atoms with Gasteiger partial charge in [0, 0.05) is 0 Å². The largest absolute Gasteiger partial charge is 0.320 e. The van der Waals surface area contributed by atoms with Crippen LogP contribution in [0.25, 0.3) is 11.1 Å². The Morgan fingerprint density at radius 2 is 1.73 bits per heavy atom. The van der Waals surface area contributed by atoms with E-state index >= 15 is 0 Å². The van der Waals surface area contributed by atoms with Crippen molar-refractivity contribution in [1.29, 1.82) is 0 Å². The third-order valence-electron chi connectivity index (χ3n) is 5.46. The van der Waals surface area contributed by atoms with Crippen LogP contribution >= 0.6 is 0 Å². The monoisotopic (exact) mass is 293 g/mol. The number of rotatable bonds is 4. The third-order valence-corrected chi connectivity index (χ3v) is 5.46. The average molecular weight is 293 g/mol. The summed E-state index contributed by atoms with van der Waals surface area (Å²) in [4.78, 5) is 0. The van der Waals surface area contributed by atoms with Crippen LogP contribution in [0.1, 0.15) is 48.8 Å². The van der Waals surface area contributed by atoms with Gasteiger partial charge in [-0.25, -0.2) is 0 Å². The van der Waals surface area contributed by atoms with Crippen LogP contribution in [-0.2, 0) is 0 Å². The zero-order chi connectivity index (χ0) is 15.7. The predicted octanol–water partition coefficient (Wildman–Crippen LogP) is 5.11. The lowest BCUT2D eigenvalue weighted by Crippen LogP contribution is -2.15. The van der Waals surface area contributed by atoms with E-state index in [0.717, 1.165) is 12.5 Å². The molecule has 2 unspecified atom stereocenters. The summed E-state index contributed by atoms with van der Waals surface area (Å²) in [5, 5.41) is 3.30. The maximum Gasteiger partial charge on any atom is -0.00460 e. The maximum absolute atomic E-state index is 3.30. The van der Waals surface area contributed by atoms with Gasteiger partial charge in [-0.3, -0.25) is 0 Å². The molecule has 0 aromatic heterocycles.